The molecule has 0 aliphatic rings. The topological polar surface area (TPSA) is 65.2 Å². The first-order valence-electron chi connectivity index (χ1n) is 2.10. The standard InChI is InChI=1S/C4H8N2O2.2Na.2H/c1-3(5-7)4(2)6-8;;;;/h7-8H,1-2H3;;;;/b5-3+,6-4+;;;;. The molecule has 10 heavy (non-hydrogen) atoms. The Bertz CT molecular complexity index is 119. The molecule has 0 unspecified atom stereocenters. The molecule has 0 amide bonds. The van der Waals surface area contributed by atoms with Crippen LogP contribution in [0.1, 0.15) is 13.8 Å². The predicted octanol–water partition coefficient (Wildman–Crippen LogP) is -0.610. The van der Waals surface area contributed by atoms with Crippen LogP contribution in [0.4, 0.5) is 0 Å². The second kappa shape index (κ2) is 9.94. The third kappa shape index (κ3) is 7.05. The summed E-state index contributed by atoms with van der Waals surface area (Å²) in [6.45, 7) is 3.07. The van der Waals surface area contributed by atoms with E-state index in [1.165, 1.54) is 13.8 Å². The van der Waals surface area contributed by atoms with Crippen molar-refractivity contribution in [3.63, 3.8) is 0 Å². The van der Waals surface area contributed by atoms with Gasteiger partial charge < -0.3 is 10.4 Å². The molecule has 0 saturated carbocycles. The summed E-state index contributed by atoms with van der Waals surface area (Å²) < 4.78 is 0. The maximum atomic E-state index is 8.03. The number of hydrogen-bond acceptors (Lipinski definition) is 4. The Balaban J connectivity index is -0.000000245. The first kappa shape index (κ1) is 17.1. The van der Waals surface area contributed by atoms with Crippen molar-refractivity contribution in [1.82, 2.24) is 0 Å². The van der Waals surface area contributed by atoms with Crippen molar-refractivity contribution in [1.29, 1.82) is 0 Å². The van der Waals surface area contributed by atoms with Crippen LogP contribution in [0.2, 0.25) is 0 Å². The van der Waals surface area contributed by atoms with E-state index in [-0.39, 0.29) is 59.1 Å². The van der Waals surface area contributed by atoms with Crippen molar-refractivity contribution >= 4 is 70.5 Å². The molecule has 2 N–H and O–H groups in total. The zero-order valence-electron chi connectivity index (χ0n) is 4.79. The van der Waals surface area contributed by atoms with Gasteiger partial charge in [-0.1, -0.05) is 10.3 Å². The molecule has 0 aromatic heterocycles. The minimum absolute atomic E-state index is 0. The molecule has 0 rings (SSSR count). The summed E-state index contributed by atoms with van der Waals surface area (Å²) in [6.07, 6.45) is 0. The fourth-order valence-electron chi connectivity index (χ4n) is 0.145. The van der Waals surface area contributed by atoms with E-state index in [4.69, 9.17) is 10.4 Å². The molecule has 0 aromatic carbocycles. The Morgan fingerprint density at radius 2 is 1.10 bits per heavy atom. The van der Waals surface area contributed by atoms with Crippen LogP contribution in [0.3, 0.4) is 0 Å². The van der Waals surface area contributed by atoms with Crippen LogP contribution < -0.4 is 0 Å². The normalized spacial score (nSPS) is 11.4. The Kier molecular flexibility index (Phi) is 17.0. The quantitative estimate of drug-likeness (QED) is 0.235. The van der Waals surface area contributed by atoms with Crippen molar-refractivity contribution < 1.29 is 10.4 Å². The summed E-state index contributed by atoms with van der Waals surface area (Å²) in [4.78, 5) is 0. The van der Waals surface area contributed by atoms with Gasteiger partial charge in [-0.25, -0.2) is 0 Å². The van der Waals surface area contributed by atoms with Gasteiger partial charge in [0.05, 0.1) is 0 Å². The van der Waals surface area contributed by atoms with Crippen LogP contribution >= 0.6 is 0 Å². The van der Waals surface area contributed by atoms with Gasteiger partial charge in [0, 0.05) is 0 Å². The molecule has 4 nitrogen and oxygen atoms in total. The van der Waals surface area contributed by atoms with Crippen LogP contribution in [0, 0.1) is 0 Å². The van der Waals surface area contributed by atoms with E-state index in [1.54, 1.807) is 0 Å². The van der Waals surface area contributed by atoms with Gasteiger partial charge in [-0.2, -0.15) is 0 Å². The fourth-order valence-corrected chi connectivity index (χ4v) is 0.145. The molecule has 0 aromatic rings. The van der Waals surface area contributed by atoms with Crippen molar-refractivity contribution in [3.05, 3.63) is 0 Å². The first-order chi connectivity index (χ1) is 3.72. The van der Waals surface area contributed by atoms with Gasteiger partial charge in [-0.3, -0.25) is 0 Å². The summed E-state index contributed by atoms with van der Waals surface area (Å²) >= 11 is 0. The molecule has 0 aliphatic heterocycles. The van der Waals surface area contributed by atoms with Gasteiger partial charge >= 0.3 is 59.1 Å². The van der Waals surface area contributed by atoms with Gasteiger partial charge in [0.2, 0.25) is 0 Å². The third-order valence-electron chi connectivity index (χ3n) is 0.824. The van der Waals surface area contributed by atoms with Crippen LogP contribution in [0.25, 0.3) is 0 Å². The third-order valence-corrected chi connectivity index (χ3v) is 0.824. The van der Waals surface area contributed by atoms with Crippen LogP contribution in [0.15, 0.2) is 10.3 Å². The predicted molar refractivity (Wildman–Crippen MR) is 44.1 cm³/mol. The molecule has 0 bridgehead atoms. The van der Waals surface area contributed by atoms with Gasteiger partial charge in [0.1, 0.15) is 11.4 Å². The maximum absolute atomic E-state index is 8.03. The zero-order valence-corrected chi connectivity index (χ0v) is 4.79. The van der Waals surface area contributed by atoms with Gasteiger partial charge in [-0.05, 0) is 13.8 Å². The number of hydrogen-bond donors (Lipinski definition) is 2. The number of nitrogens with zero attached hydrogens (tertiary/aromatic N) is 2. The molecule has 0 radical (unpaired) electrons. The van der Waals surface area contributed by atoms with Gasteiger partial charge in [0.25, 0.3) is 0 Å². The minimum atomic E-state index is 0. The van der Waals surface area contributed by atoms with Crippen molar-refractivity contribution in [2.45, 2.75) is 13.8 Å². The SMILES string of the molecule is CC(=N\O)/C(C)=N/O.[NaH].[NaH]. The molecule has 0 heterocycles. The zero-order chi connectivity index (χ0) is 6.57. The molecular formula is C4H10N2Na2O2. The summed E-state index contributed by atoms with van der Waals surface area (Å²) in [7, 11) is 0. The Labute approximate surface area is 104 Å². The summed E-state index contributed by atoms with van der Waals surface area (Å²) in [5.41, 5.74) is 0.625. The van der Waals surface area contributed by atoms with Crippen LogP contribution in [0.5, 0.6) is 0 Å². The Morgan fingerprint density at radius 3 is 1.20 bits per heavy atom. The van der Waals surface area contributed by atoms with Crippen LogP contribution in [-0.4, -0.2) is 81.0 Å². The summed E-state index contributed by atoms with van der Waals surface area (Å²) in [5, 5.41) is 21.6. The van der Waals surface area contributed by atoms with Crippen molar-refractivity contribution in [2.75, 3.05) is 0 Å². The monoisotopic (exact) mass is 164 g/mol. The summed E-state index contributed by atoms with van der Waals surface area (Å²) in [5.74, 6) is 0. The van der Waals surface area contributed by atoms with Crippen LogP contribution in [-0.2, 0) is 0 Å². The van der Waals surface area contributed by atoms with Crippen molar-refractivity contribution in [2.24, 2.45) is 10.3 Å². The van der Waals surface area contributed by atoms with E-state index in [2.05, 4.69) is 10.3 Å². The molecule has 0 aliphatic carbocycles. The Hall–Kier alpha value is 0.940. The number of oxime groups is 2. The fraction of sp³-hybridized carbons (Fsp3) is 0.500. The van der Waals surface area contributed by atoms with Gasteiger partial charge in [0.15, 0.2) is 0 Å². The van der Waals surface area contributed by atoms with E-state index in [0.717, 1.165) is 0 Å². The molecule has 6 heteroatoms. The average molecular weight is 164 g/mol. The second-order valence-electron chi connectivity index (χ2n) is 1.37. The van der Waals surface area contributed by atoms with E-state index in [1.807, 2.05) is 0 Å². The molecule has 0 atom stereocenters. The Morgan fingerprint density at radius 1 is 0.900 bits per heavy atom. The molecule has 0 fully saturated rings. The second-order valence-corrected chi connectivity index (χ2v) is 1.37. The van der Waals surface area contributed by atoms with E-state index < -0.39 is 0 Å². The van der Waals surface area contributed by atoms with Crippen molar-refractivity contribution in [3.8, 4) is 0 Å². The van der Waals surface area contributed by atoms with E-state index >= 15 is 0 Å². The average Bonchev–Trinajstić information content (AvgIpc) is 1.84. The molecule has 50 valence electrons. The molecule has 0 saturated heterocycles. The molecular weight excluding hydrogens is 154 g/mol. The molecule has 0 spiro atoms. The summed E-state index contributed by atoms with van der Waals surface area (Å²) in [6, 6.07) is 0. The number of rotatable bonds is 1. The van der Waals surface area contributed by atoms with E-state index in [0.29, 0.717) is 11.4 Å². The van der Waals surface area contributed by atoms with Gasteiger partial charge in [-0.15, -0.1) is 0 Å². The van der Waals surface area contributed by atoms with E-state index in [9.17, 15) is 0 Å². The first-order valence-corrected chi connectivity index (χ1v) is 2.10.